The summed E-state index contributed by atoms with van der Waals surface area (Å²) in [5.74, 6) is -0.266. The summed E-state index contributed by atoms with van der Waals surface area (Å²) in [4.78, 5) is 2.06. The highest BCUT2D eigenvalue weighted by atomic mass is 32.2. The summed E-state index contributed by atoms with van der Waals surface area (Å²) >= 11 is 0. The molecular formula is C12H18FN3O2S. The van der Waals surface area contributed by atoms with Gasteiger partial charge >= 0.3 is 0 Å². The smallest absolute Gasteiger partial charge is 0.281 e. The molecule has 5 nitrogen and oxygen atoms in total. The average Bonchev–Trinajstić information content (AvgIpc) is 2.39. The number of hydrogen-bond acceptors (Lipinski definition) is 3. The van der Waals surface area contributed by atoms with E-state index in [1.165, 1.54) is 34.8 Å². The van der Waals surface area contributed by atoms with E-state index in [1.54, 1.807) is 12.1 Å². The molecule has 1 saturated heterocycles. The predicted octanol–water partition coefficient (Wildman–Crippen LogP) is 0.754. The van der Waals surface area contributed by atoms with Crippen LogP contribution in [-0.2, 0) is 10.2 Å². The number of hydrogen-bond donors (Lipinski definition) is 0. The first-order valence-corrected chi connectivity index (χ1v) is 7.49. The van der Waals surface area contributed by atoms with Crippen LogP contribution in [0, 0.1) is 5.82 Å². The van der Waals surface area contributed by atoms with Gasteiger partial charge in [0.1, 0.15) is 5.82 Å². The summed E-state index contributed by atoms with van der Waals surface area (Å²) in [6.07, 6.45) is 0. The molecule has 7 heteroatoms. The standard InChI is InChI=1S/C12H18FN3O2S/c1-14(2)19(17,18)16-9-7-15(8-10-16)12-5-3-11(13)4-6-12/h3-6H,7-10H2,1-2H3. The van der Waals surface area contributed by atoms with Crippen molar-refractivity contribution in [2.45, 2.75) is 0 Å². The zero-order chi connectivity index (χ0) is 14.0. The van der Waals surface area contributed by atoms with Crippen molar-refractivity contribution in [3.8, 4) is 0 Å². The third-order valence-electron chi connectivity index (χ3n) is 3.22. The Kier molecular flexibility index (Phi) is 4.07. The van der Waals surface area contributed by atoms with E-state index < -0.39 is 10.2 Å². The van der Waals surface area contributed by atoms with Crippen molar-refractivity contribution in [2.24, 2.45) is 0 Å². The lowest BCUT2D eigenvalue weighted by atomic mass is 10.2. The van der Waals surface area contributed by atoms with E-state index in [2.05, 4.69) is 4.90 Å². The highest BCUT2D eigenvalue weighted by molar-refractivity contribution is 7.86. The number of piperazine rings is 1. The summed E-state index contributed by atoms with van der Waals surface area (Å²) in [6.45, 7) is 2.10. The van der Waals surface area contributed by atoms with Crippen LogP contribution in [0.5, 0.6) is 0 Å². The van der Waals surface area contributed by atoms with Gasteiger partial charge in [-0.25, -0.2) is 4.39 Å². The number of anilines is 1. The largest absolute Gasteiger partial charge is 0.369 e. The lowest BCUT2D eigenvalue weighted by Gasteiger charge is -2.36. The van der Waals surface area contributed by atoms with Gasteiger partial charge in [-0.05, 0) is 24.3 Å². The van der Waals surface area contributed by atoms with E-state index in [4.69, 9.17) is 0 Å². The fourth-order valence-electron chi connectivity index (χ4n) is 2.06. The molecule has 1 aliphatic heterocycles. The SMILES string of the molecule is CN(C)S(=O)(=O)N1CCN(c2ccc(F)cc2)CC1. The lowest BCUT2D eigenvalue weighted by molar-refractivity contribution is 0.355. The van der Waals surface area contributed by atoms with Crippen LogP contribution >= 0.6 is 0 Å². The van der Waals surface area contributed by atoms with Gasteiger partial charge in [0.2, 0.25) is 0 Å². The van der Waals surface area contributed by atoms with Gasteiger partial charge < -0.3 is 4.90 Å². The quantitative estimate of drug-likeness (QED) is 0.824. The third-order valence-corrected chi connectivity index (χ3v) is 5.16. The highest BCUT2D eigenvalue weighted by Crippen LogP contribution is 2.18. The molecular weight excluding hydrogens is 269 g/mol. The Balaban J connectivity index is 2.02. The molecule has 0 radical (unpaired) electrons. The Labute approximate surface area is 113 Å². The van der Waals surface area contributed by atoms with Crippen molar-refractivity contribution < 1.29 is 12.8 Å². The van der Waals surface area contributed by atoms with Crippen molar-refractivity contribution >= 4 is 15.9 Å². The molecule has 2 rings (SSSR count). The molecule has 0 aliphatic carbocycles. The predicted molar refractivity (Wildman–Crippen MR) is 72.8 cm³/mol. The molecule has 0 saturated carbocycles. The van der Waals surface area contributed by atoms with Crippen molar-refractivity contribution in [1.82, 2.24) is 8.61 Å². The van der Waals surface area contributed by atoms with E-state index in [9.17, 15) is 12.8 Å². The minimum atomic E-state index is -3.33. The Hall–Kier alpha value is -1.18. The number of benzene rings is 1. The summed E-state index contributed by atoms with van der Waals surface area (Å²) in [7, 11) is -0.273. The zero-order valence-corrected chi connectivity index (χ0v) is 11.9. The van der Waals surface area contributed by atoms with Gasteiger partial charge in [0, 0.05) is 46.0 Å². The van der Waals surface area contributed by atoms with Gasteiger partial charge in [-0.3, -0.25) is 0 Å². The zero-order valence-electron chi connectivity index (χ0n) is 11.1. The van der Waals surface area contributed by atoms with Crippen LogP contribution in [0.15, 0.2) is 24.3 Å². The molecule has 1 heterocycles. The first kappa shape index (κ1) is 14.2. The molecule has 1 aromatic carbocycles. The molecule has 0 amide bonds. The Bertz CT molecular complexity index is 522. The van der Waals surface area contributed by atoms with E-state index in [0.29, 0.717) is 26.2 Å². The molecule has 0 aromatic heterocycles. The van der Waals surface area contributed by atoms with Gasteiger partial charge in [-0.2, -0.15) is 17.0 Å². The van der Waals surface area contributed by atoms with Crippen LogP contribution in [0.1, 0.15) is 0 Å². The molecule has 0 spiro atoms. The third kappa shape index (κ3) is 3.05. The maximum absolute atomic E-state index is 12.8. The summed E-state index contributed by atoms with van der Waals surface area (Å²) in [5, 5.41) is 0. The molecule has 0 atom stereocenters. The molecule has 1 aliphatic rings. The van der Waals surface area contributed by atoms with Crippen LogP contribution in [0.4, 0.5) is 10.1 Å². The van der Waals surface area contributed by atoms with Crippen molar-refractivity contribution in [2.75, 3.05) is 45.2 Å². The van der Waals surface area contributed by atoms with Crippen molar-refractivity contribution in [3.63, 3.8) is 0 Å². The van der Waals surface area contributed by atoms with Crippen LogP contribution < -0.4 is 4.90 Å². The lowest BCUT2D eigenvalue weighted by Crippen LogP contribution is -2.51. The molecule has 1 fully saturated rings. The fraction of sp³-hybridized carbons (Fsp3) is 0.500. The van der Waals surface area contributed by atoms with Crippen LogP contribution in [0.3, 0.4) is 0 Å². The first-order valence-electron chi connectivity index (χ1n) is 6.09. The van der Waals surface area contributed by atoms with Crippen LogP contribution in [-0.4, -0.2) is 57.3 Å². The Morgan fingerprint density at radius 1 is 1.05 bits per heavy atom. The van der Waals surface area contributed by atoms with Gasteiger partial charge in [0.15, 0.2) is 0 Å². The number of halogens is 1. The highest BCUT2D eigenvalue weighted by Gasteiger charge is 2.28. The topological polar surface area (TPSA) is 43.9 Å². The van der Waals surface area contributed by atoms with Crippen LogP contribution in [0.2, 0.25) is 0 Å². The van der Waals surface area contributed by atoms with Gasteiger partial charge in [0.05, 0.1) is 0 Å². The van der Waals surface area contributed by atoms with Crippen molar-refractivity contribution in [3.05, 3.63) is 30.1 Å². The maximum atomic E-state index is 12.8. The second kappa shape index (κ2) is 5.44. The van der Waals surface area contributed by atoms with E-state index in [1.807, 2.05) is 0 Å². The summed E-state index contributed by atoms with van der Waals surface area (Å²) in [5.41, 5.74) is 0.920. The second-order valence-corrected chi connectivity index (χ2v) is 6.80. The van der Waals surface area contributed by atoms with Crippen molar-refractivity contribution in [1.29, 1.82) is 0 Å². The van der Waals surface area contributed by atoms with Crippen LogP contribution in [0.25, 0.3) is 0 Å². The first-order chi connectivity index (χ1) is 8.91. The second-order valence-electron chi connectivity index (χ2n) is 4.65. The van der Waals surface area contributed by atoms with Gasteiger partial charge in [-0.1, -0.05) is 0 Å². The summed E-state index contributed by atoms with van der Waals surface area (Å²) in [6, 6.07) is 6.26. The minimum absolute atomic E-state index is 0.266. The summed E-state index contributed by atoms with van der Waals surface area (Å²) < 4.78 is 39.5. The molecule has 0 unspecified atom stereocenters. The molecule has 19 heavy (non-hydrogen) atoms. The van der Waals surface area contributed by atoms with Gasteiger partial charge in [-0.15, -0.1) is 0 Å². The average molecular weight is 287 g/mol. The number of rotatable bonds is 3. The molecule has 1 aromatic rings. The van der Waals surface area contributed by atoms with Gasteiger partial charge in [0.25, 0.3) is 10.2 Å². The number of nitrogens with zero attached hydrogens (tertiary/aromatic N) is 3. The monoisotopic (exact) mass is 287 g/mol. The fourth-order valence-corrected chi connectivity index (χ4v) is 3.15. The Morgan fingerprint density at radius 3 is 2.05 bits per heavy atom. The van der Waals surface area contributed by atoms with E-state index in [0.717, 1.165) is 5.69 Å². The normalized spacial score (nSPS) is 18.0. The molecule has 106 valence electrons. The minimum Gasteiger partial charge on any atom is -0.369 e. The Morgan fingerprint density at radius 2 is 1.58 bits per heavy atom. The molecule has 0 N–H and O–H groups in total. The molecule has 0 bridgehead atoms. The maximum Gasteiger partial charge on any atom is 0.281 e. The van der Waals surface area contributed by atoms with E-state index in [-0.39, 0.29) is 5.82 Å². The van der Waals surface area contributed by atoms with E-state index >= 15 is 0 Å².